The third-order valence-electron chi connectivity index (χ3n) is 3.69. The van der Waals surface area contributed by atoms with Crippen LogP contribution < -0.4 is 15.4 Å². The van der Waals surface area contributed by atoms with Gasteiger partial charge in [0.1, 0.15) is 5.75 Å². The summed E-state index contributed by atoms with van der Waals surface area (Å²) in [5.74, 6) is 0.768. The van der Waals surface area contributed by atoms with Crippen molar-refractivity contribution in [1.82, 2.24) is 15.3 Å². The van der Waals surface area contributed by atoms with Crippen molar-refractivity contribution < 1.29 is 9.53 Å². The predicted octanol–water partition coefficient (Wildman–Crippen LogP) is 3.40. The molecule has 0 spiro atoms. The molecule has 3 aromatic rings. The van der Waals surface area contributed by atoms with Crippen LogP contribution in [0.25, 0.3) is 11.1 Å². The number of aromatic nitrogens is 2. The van der Waals surface area contributed by atoms with Crippen molar-refractivity contribution in [3.63, 3.8) is 0 Å². The lowest BCUT2D eigenvalue weighted by atomic mass is 10.1. The summed E-state index contributed by atoms with van der Waals surface area (Å²) < 4.78 is 5.52. The smallest absolute Gasteiger partial charge is 0.258 e. The molecule has 0 aliphatic carbocycles. The molecule has 2 N–H and O–H groups in total. The van der Waals surface area contributed by atoms with Crippen LogP contribution in [-0.2, 0) is 4.79 Å². The third kappa shape index (κ3) is 5.69. The largest absolute Gasteiger partial charge is 0.482 e. The van der Waals surface area contributed by atoms with E-state index >= 15 is 0 Å². The van der Waals surface area contributed by atoms with Gasteiger partial charge in [0.2, 0.25) is 5.95 Å². The first-order valence-corrected chi connectivity index (χ1v) is 8.85. The molecule has 0 saturated heterocycles. The van der Waals surface area contributed by atoms with Crippen LogP contribution in [-0.4, -0.2) is 35.6 Å². The van der Waals surface area contributed by atoms with Gasteiger partial charge in [-0.2, -0.15) is 0 Å². The molecule has 0 saturated carbocycles. The first kappa shape index (κ1) is 18.7. The number of hydrogen-bond acceptors (Lipinski definition) is 5. The zero-order chi connectivity index (χ0) is 18.9. The molecule has 0 aliphatic rings. The van der Waals surface area contributed by atoms with Crippen LogP contribution in [0.5, 0.6) is 5.75 Å². The summed E-state index contributed by atoms with van der Waals surface area (Å²) in [6.45, 7) is 0.843. The maximum absolute atomic E-state index is 11.9. The van der Waals surface area contributed by atoms with E-state index in [1.54, 1.807) is 24.5 Å². The predicted molar refractivity (Wildman–Crippen MR) is 106 cm³/mol. The van der Waals surface area contributed by atoms with Gasteiger partial charge in [-0.05, 0) is 29.3 Å². The SMILES string of the molecule is O=C(COc1ccc(-c2ccccc2)cc1Cl)NCCNc1ncccn1. The van der Waals surface area contributed by atoms with Crippen LogP contribution in [0.15, 0.2) is 67.0 Å². The summed E-state index contributed by atoms with van der Waals surface area (Å²) in [5, 5.41) is 6.23. The molecule has 7 heteroatoms. The molecule has 3 rings (SSSR count). The second kappa shape index (κ2) is 9.54. The minimum absolute atomic E-state index is 0.105. The number of rotatable bonds is 8. The van der Waals surface area contributed by atoms with Gasteiger partial charge in [-0.1, -0.05) is 48.0 Å². The second-order valence-corrected chi connectivity index (χ2v) is 6.06. The Balaban J connectivity index is 1.43. The maximum Gasteiger partial charge on any atom is 0.258 e. The number of hydrogen-bond donors (Lipinski definition) is 2. The zero-order valence-electron chi connectivity index (χ0n) is 14.6. The summed E-state index contributed by atoms with van der Waals surface area (Å²) in [5.41, 5.74) is 2.06. The Kier molecular flexibility index (Phi) is 6.60. The zero-order valence-corrected chi connectivity index (χ0v) is 15.3. The number of carbonyl (C=O) groups is 1. The van der Waals surface area contributed by atoms with Crippen molar-refractivity contribution >= 4 is 23.5 Å². The summed E-state index contributed by atoms with van der Waals surface area (Å²) >= 11 is 6.28. The molecular weight excluding hydrogens is 364 g/mol. The van der Waals surface area contributed by atoms with E-state index in [0.29, 0.717) is 29.8 Å². The Labute approximate surface area is 162 Å². The van der Waals surface area contributed by atoms with Gasteiger partial charge >= 0.3 is 0 Å². The highest BCUT2D eigenvalue weighted by atomic mass is 35.5. The van der Waals surface area contributed by atoms with Crippen LogP contribution in [0.3, 0.4) is 0 Å². The highest BCUT2D eigenvalue weighted by Gasteiger charge is 2.07. The molecule has 0 atom stereocenters. The van der Waals surface area contributed by atoms with Crippen LogP contribution in [0.2, 0.25) is 5.02 Å². The minimum Gasteiger partial charge on any atom is -0.482 e. The van der Waals surface area contributed by atoms with E-state index in [1.807, 2.05) is 42.5 Å². The number of carbonyl (C=O) groups excluding carboxylic acids is 1. The Bertz CT molecular complexity index is 876. The Morgan fingerprint density at radius 2 is 1.74 bits per heavy atom. The summed E-state index contributed by atoms with van der Waals surface area (Å²) in [4.78, 5) is 20.0. The monoisotopic (exact) mass is 382 g/mol. The van der Waals surface area contributed by atoms with Crippen molar-refractivity contribution in [1.29, 1.82) is 0 Å². The first-order chi connectivity index (χ1) is 13.2. The van der Waals surface area contributed by atoms with Crippen LogP contribution in [0.1, 0.15) is 0 Å². The molecule has 1 heterocycles. The third-order valence-corrected chi connectivity index (χ3v) is 3.99. The van der Waals surface area contributed by atoms with Crippen molar-refractivity contribution in [2.45, 2.75) is 0 Å². The summed E-state index contributed by atoms with van der Waals surface area (Å²) in [7, 11) is 0. The minimum atomic E-state index is -0.228. The van der Waals surface area contributed by atoms with Crippen molar-refractivity contribution in [2.24, 2.45) is 0 Å². The molecule has 0 unspecified atom stereocenters. The highest BCUT2D eigenvalue weighted by molar-refractivity contribution is 6.32. The van der Waals surface area contributed by atoms with Gasteiger partial charge < -0.3 is 15.4 Å². The number of amides is 1. The van der Waals surface area contributed by atoms with Crippen LogP contribution in [0.4, 0.5) is 5.95 Å². The molecule has 1 aromatic heterocycles. The lowest BCUT2D eigenvalue weighted by Gasteiger charge is -2.10. The van der Waals surface area contributed by atoms with Gasteiger partial charge in [0.05, 0.1) is 5.02 Å². The molecule has 138 valence electrons. The van der Waals surface area contributed by atoms with Crippen molar-refractivity contribution in [2.75, 3.05) is 25.0 Å². The molecule has 27 heavy (non-hydrogen) atoms. The van der Waals surface area contributed by atoms with Gasteiger partial charge in [0.15, 0.2) is 6.61 Å². The number of nitrogens with zero attached hydrogens (tertiary/aromatic N) is 2. The average Bonchev–Trinajstić information content (AvgIpc) is 2.72. The maximum atomic E-state index is 11.9. The van der Waals surface area contributed by atoms with Crippen molar-refractivity contribution in [3.8, 4) is 16.9 Å². The highest BCUT2D eigenvalue weighted by Crippen LogP contribution is 2.30. The van der Waals surface area contributed by atoms with E-state index in [1.165, 1.54) is 0 Å². The van der Waals surface area contributed by atoms with Gasteiger partial charge in [-0.15, -0.1) is 0 Å². The Hall–Kier alpha value is -3.12. The molecule has 0 aliphatic heterocycles. The first-order valence-electron chi connectivity index (χ1n) is 8.48. The lowest BCUT2D eigenvalue weighted by molar-refractivity contribution is -0.123. The van der Waals surface area contributed by atoms with Gasteiger partial charge in [-0.25, -0.2) is 9.97 Å². The van der Waals surface area contributed by atoms with Crippen LogP contribution in [0, 0.1) is 0 Å². The van der Waals surface area contributed by atoms with Crippen molar-refractivity contribution in [3.05, 3.63) is 72.0 Å². The Morgan fingerprint density at radius 3 is 2.48 bits per heavy atom. The number of halogens is 1. The lowest BCUT2D eigenvalue weighted by Crippen LogP contribution is -2.32. The van der Waals surface area contributed by atoms with E-state index < -0.39 is 0 Å². The average molecular weight is 383 g/mol. The van der Waals surface area contributed by atoms with Gasteiger partial charge in [-0.3, -0.25) is 4.79 Å². The number of anilines is 1. The second-order valence-electron chi connectivity index (χ2n) is 5.65. The number of nitrogens with one attached hydrogen (secondary N) is 2. The van der Waals surface area contributed by atoms with E-state index in [9.17, 15) is 4.79 Å². The fourth-order valence-corrected chi connectivity index (χ4v) is 2.62. The normalized spacial score (nSPS) is 10.3. The van der Waals surface area contributed by atoms with Gasteiger partial charge in [0, 0.05) is 25.5 Å². The quantitative estimate of drug-likeness (QED) is 0.584. The fourth-order valence-electron chi connectivity index (χ4n) is 2.39. The topological polar surface area (TPSA) is 76.1 Å². The summed E-state index contributed by atoms with van der Waals surface area (Å²) in [6.07, 6.45) is 3.29. The standard InChI is InChI=1S/C20H19ClN4O2/c21-17-13-16(15-5-2-1-3-6-15)7-8-18(17)27-14-19(26)22-11-12-25-20-23-9-4-10-24-20/h1-10,13H,11-12,14H2,(H,22,26)(H,23,24,25). The van der Waals surface area contributed by atoms with E-state index in [2.05, 4.69) is 20.6 Å². The molecule has 0 bridgehead atoms. The van der Waals surface area contributed by atoms with E-state index in [0.717, 1.165) is 11.1 Å². The molecule has 0 fully saturated rings. The van der Waals surface area contributed by atoms with E-state index in [-0.39, 0.29) is 12.5 Å². The molecule has 6 nitrogen and oxygen atoms in total. The van der Waals surface area contributed by atoms with E-state index in [4.69, 9.17) is 16.3 Å². The molecule has 1 amide bonds. The Morgan fingerprint density at radius 1 is 0.963 bits per heavy atom. The van der Waals surface area contributed by atoms with Crippen LogP contribution >= 0.6 is 11.6 Å². The van der Waals surface area contributed by atoms with Gasteiger partial charge in [0.25, 0.3) is 5.91 Å². The number of benzene rings is 2. The number of ether oxygens (including phenoxy) is 1. The fraction of sp³-hybridized carbons (Fsp3) is 0.150. The molecule has 0 radical (unpaired) electrons. The molecular formula is C20H19ClN4O2. The summed E-state index contributed by atoms with van der Waals surface area (Å²) in [6, 6.07) is 17.2. The molecule has 2 aromatic carbocycles.